The maximum absolute atomic E-state index is 13.5. The summed E-state index contributed by atoms with van der Waals surface area (Å²) in [6.45, 7) is 2.59. The zero-order valence-electron chi connectivity index (χ0n) is 19.2. The Hall–Kier alpha value is -4.26. The van der Waals surface area contributed by atoms with Gasteiger partial charge in [-0.1, -0.05) is 42.5 Å². The average Bonchev–Trinajstić information content (AvgIpc) is 2.90. The summed E-state index contributed by atoms with van der Waals surface area (Å²) >= 11 is 0. The molecule has 5 rings (SSSR count). The molecule has 0 saturated heterocycles. The number of fused-ring (bicyclic) bond motifs is 2. The van der Waals surface area contributed by atoms with Crippen LogP contribution in [0.1, 0.15) is 22.3 Å². The van der Waals surface area contributed by atoms with Crippen LogP contribution in [0.3, 0.4) is 0 Å². The summed E-state index contributed by atoms with van der Waals surface area (Å²) in [5.74, 6) is 1.18. The van der Waals surface area contributed by atoms with Gasteiger partial charge < -0.3 is 24.1 Å². The minimum absolute atomic E-state index is 0.0726. The molecule has 7 nitrogen and oxygen atoms in total. The van der Waals surface area contributed by atoms with E-state index in [4.69, 9.17) is 13.9 Å². The van der Waals surface area contributed by atoms with Crippen LogP contribution < -0.4 is 20.4 Å². The number of anilines is 1. The quantitative estimate of drug-likeness (QED) is 0.297. The Bertz CT molecular complexity index is 1380. The third-order valence-electron chi connectivity index (χ3n) is 5.86. The maximum Gasteiger partial charge on any atom is 0.338 e. The van der Waals surface area contributed by atoms with Crippen molar-refractivity contribution in [3.05, 3.63) is 100 Å². The number of hydrogen-bond acceptors (Lipinski definition) is 6. The van der Waals surface area contributed by atoms with Crippen molar-refractivity contribution < 1.29 is 18.7 Å². The molecule has 0 radical (unpaired) electrons. The van der Waals surface area contributed by atoms with Gasteiger partial charge in [-0.2, -0.15) is 0 Å². The highest BCUT2D eigenvalue weighted by atomic mass is 16.6. The Balaban J connectivity index is 1.30. The van der Waals surface area contributed by atoms with Crippen LogP contribution in [-0.4, -0.2) is 37.1 Å². The Labute approximate surface area is 202 Å². The van der Waals surface area contributed by atoms with Gasteiger partial charge in [0, 0.05) is 36.7 Å². The van der Waals surface area contributed by atoms with Crippen LogP contribution in [-0.2, 0) is 6.54 Å². The number of nitrogens with one attached hydrogen (secondary N) is 1. The summed E-state index contributed by atoms with van der Waals surface area (Å²) in [7, 11) is 0. The molecule has 0 atom stereocenters. The molecule has 0 fully saturated rings. The van der Waals surface area contributed by atoms with E-state index in [2.05, 4.69) is 5.32 Å². The van der Waals surface area contributed by atoms with Gasteiger partial charge in [-0.3, -0.25) is 4.79 Å². The van der Waals surface area contributed by atoms with Crippen molar-refractivity contribution in [2.75, 3.05) is 31.6 Å². The minimum atomic E-state index is -0.398. The molecule has 1 aliphatic heterocycles. The fourth-order valence-electron chi connectivity index (χ4n) is 4.17. The first-order valence-electron chi connectivity index (χ1n) is 11.7. The SMILES string of the molecule is O=C(c1ccc2c(c1)OCCO2)N(CCCNc1cc(=O)oc2ccccc12)Cc1ccccc1. The van der Waals surface area contributed by atoms with Crippen molar-refractivity contribution >= 4 is 22.6 Å². The predicted octanol–water partition coefficient (Wildman–Crippen LogP) is 4.71. The van der Waals surface area contributed by atoms with Gasteiger partial charge in [-0.05, 0) is 42.3 Å². The van der Waals surface area contributed by atoms with Gasteiger partial charge in [0.2, 0.25) is 0 Å². The number of carbonyl (C=O) groups excluding carboxylic acids is 1. The third-order valence-corrected chi connectivity index (χ3v) is 5.86. The van der Waals surface area contributed by atoms with E-state index in [-0.39, 0.29) is 5.91 Å². The van der Waals surface area contributed by atoms with E-state index in [0.29, 0.717) is 61.9 Å². The highest BCUT2D eigenvalue weighted by Crippen LogP contribution is 2.31. The Morgan fingerprint density at radius 1 is 0.886 bits per heavy atom. The van der Waals surface area contributed by atoms with Gasteiger partial charge in [0.05, 0.1) is 5.69 Å². The summed E-state index contributed by atoms with van der Waals surface area (Å²) in [5, 5.41) is 4.18. The molecule has 1 N–H and O–H groups in total. The summed E-state index contributed by atoms with van der Waals surface area (Å²) in [4.78, 5) is 27.2. The summed E-state index contributed by atoms with van der Waals surface area (Å²) in [6, 6.07) is 24.1. The number of carbonyl (C=O) groups is 1. The summed E-state index contributed by atoms with van der Waals surface area (Å²) in [6.07, 6.45) is 0.692. The summed E-state index contributed by atoms with van der Waals surface area (Å²) in [5.41, 5.74) is 2.49. The average molecular weight is 471 g/mol. The first-order chi connectivity index (χ1) is 17.2. The van der Waals surface area contributed by atoms with Gasteiger partial charge in [-0.25, -0.2) is 4.79 Å². The first kappa shape index (κ1) is 22.5. The Kier molecular flexibility index (Phi) is 6.66. The molecule has 1 aliphatic rings. The lowest BCUT2D eigenvalue weighted by Crippen LogP contribution is -2.32. The normalized spacial score (nSPS) is 12.3. The molecule has 3 aromatic carbocycles. The van der Waals surface area contributed by atoms with Crippen molar-refractivity contribution in [1.29, 1.82) is 0 Å². The molecule has 2 heterocycles. The zero-order chi connectivity index (χ0) is 24.0. The molecule has 1 amide bonds. The van der Waals surface area contributed by atoms with Gasteiger partial charge in [0.1, 0.15) is 18.8 Å². The van der Waals surface area contributed by atoms with E-state index in [1.807, 2.05) is 53.4 Å². The standard InChI is InChI=1S/C28H26N2O5/c31-27-18-23(22-9-4-5-10-24(22)35-27)29-13-6-14-30(19-20-7-2-1-3-8-20)28(32)21-11-12-25-26(17-21)34-16-15-33-25/h1-5,7-12,17-18,29H,6,13-16,19H2. The molecule has 0 saturated carbocycles. The van der Waals surface area contributed by atoms with Gasteiger partial charge >= 0.3 is 5.63 Å². The van der Waals surface area contributed by atoms with E-state index in [1.165, 1.54) is 6.07 Å². The fraction of sp³-hybridized carbons (Fsp3) is 0.214. The summed E-state index contributed by atoms with van der Waals surface area (Å²) < 4.78 is 16.5. The van der Waals surface area contributed by atoms with Crippen LogP contribution >= 0.6 is 0 Å². The number of nitrogens with zero attached hydrogens (tertiary/aromatic N) is 1. The monoisotopic (exact) mass is 470 g/mol. The van der Waals surface area contributed by atoms with Crippen LogP contribution in [0.25, 0.3) is 11.0 Å². The van der Waals surface area contributed by atoms with Gasteiger partial charge in [0.25, 0.3) is 5.91 Å². The van der Waals surface area contributed by atoms with Crippen molar-refractivity contribution in [2.24, 2.45) is 0 Å². The molecular weight excluding hydrogens is 444 g/mol. The van der Waals surface area contributed by atoms with Crippen molar-refractivity contribution in [3.63, 3.8) is 0 Å². The lowest BCUT2D eigenvalue weighted by atomic mass is 10.1. The molecule has 0 aliphatic carbocycles. The molecular formula is C28H26N2O5. The highest BCUT2D eigenvalue weighted by Gasteiger charge is 2.20. The zero-order valence-corrected chi connectivity index (χ0v) is 19.2. The predicted molar refractivity (Wildman–Crippen MR) is 134 cm³/mol. The molecule has 1 aromatic heterocycles. The van der Waals surface area contributed by atoms with E-state index < -0.39 is 5.63 Å². The van der Waals surface area contributed by atoms with Crippen molar-refractivity contribution in [3.8, 4) is 11.5 Å². The molecule has 35 heavy (non-hydrogen) atoms. The number of rotatable bonds is 8. The van der Waals surface area contributed by atoms with Crippen molar-refractivity contribution in [1.82, 2.24) is 4.90 Å². The fourth-order valence-corrected chi connectivity index (χ4v) is 4.17. The smallest absolute Gasteiger partial charge is 0.338 e. The van der Waals surface area contributed by atoms with E-state index in [9.17, 15) is 9.59 Å². The van der Waals surface area contributed by atoms with E-state index in [1.54, 1.807) is 24.3 Å². The second-order valence-electron chi connectivity index (χ2n) is 8.33. The Morgan fingerprint density at radius 2 is 1.66 bits per heavy atom. The van der Waals surface area contributed by atoms with Gasteiger partial charge in [-0.15, -0.1) is 0 Å². The molecule has 0 unspecified atom stereocenters. The number of benzene rings is 3. The van der Waals surface area contributed by atoms with E-state index >= 15 is 0 Å². The largest absolute Gasteiger partial charge is 0.486 e. The van der Waals surface area contributed by atoms with Crippen molar-refractivity contribution in [2.45, 2.75) is 13.0 Å². The van der Waals surface area contributed by atoms with Crippen LogP contribution in [0.5, 0.6) is 11.5 Å². The molecule has 178 valence electrons. The number of para-hydroxylation sites is 1. The van der Waals surface area contributed by atoms with Crippen LogP contribution in [0.15, 0.2) is 88.1 Å². The molecule has 7 heteroatoms. The first-order valence-corrected chi connectivity index (χ1v) is 11.7. The lowest BCUT2D eigenvalue weighted by molar-refractivity contribution is 0.0741. The van der Waals surface area contributed by atoms with Crippen LogP contribution in [0.2, 0.25) is 0 Å². The molecule has 0 bridgehead atoms. The van der Waals surface area contributed by atoms with Crippen LogP contribution in [0.4, 0.5) is 5.69 Å². The number of ether oxygens (including phenoxy) is 2. The molecule has 0 spiro atoms. The molecule has 4 aromatic rings. The lowest BCUT2D eigenvalue weighted by Gasteiger charge is -2.24. The van der Waals surface area contributed by atoms with Crippen LogP contribution in [0, 0.1) is 0 Å². The maximum atomic E-state index is 13.5. The Morgan fingerprint density at radius 3 is 2.51 bits per heavy atom. The second-order valence-corrected chi connectivity index (χ2v) is 8.33. The third kappa shape index (κ3) is 5.30. The topological polar surface area (TPSA) is 81.0 Å². The second kappa shape index (κ2) is 10.3. The highest BCUT2D eigenvalue weighted by molar-refractivity contribution is 5.95. The van der Waals surface area contributed by atoms with Gasteiger partial charge in [0.15, 0.2) is 11.5 Å². The van der Waals surface area contributed by atoms with E-state index in [0.717, 1.165) is 16.6 Å². The number of hydrogen-bond donors (Lipinski definition) is 1. The minimum Gasteiger partial charge on any atom is -0.486 e. The number of amides is 1.